The fourth-order valence-corrected chi connectivity index (χ4v) is 1.58. The van der Waals surface area contributed by atoms with Crippen LogP contribution >= 0.6 is 38.5 Å². The predicted octanol–water partition coefficient (Wildman–Crippen LogP) is 3.59. The SMILES string of the molecule is Brc1ccc(Nc2ncc(I)cn2)cc1. The van der Waals surface area contributed by atoms with Crippen molar-refractivity contribution in [2.45, 2.75) is 0 Å². The van der Waals surface area contributed by atoms with Gasteiger partial charge in [-0.05, 0) is 46.9 Å². The molecule has 0 fully saturated rings. The second-order valence-corrected chi connectivity index (χ2v) is 5.02. The molecule has 1 aromatic heterocycles. The molecular weight excluding hydrogens is 369 g/mol. The van der Waals surface area contributed by atoms with Gasteiger partial charge in [-0.1, -0.05) is 15.9 Å². The summed E-state index contributed by atoms with van der Waals surface area (Å²) in [5.74, 6) is 0.609. The van der Waals surface area contributed by atoms with Crippen LogP contribution in [-0.2, 0) is 0 Å². The number of hydrogen-bond acceptors (Lipinski definition) is 3. The summed E-state index contributed by atoms with van der Waals surface area (Å²) in [6, 6.07) is 7.86. The lowest BCUT2D eigenvalue weighted by molar-refractivity contribution is 1.15. The summed E-state index contributed by atoms with van der Waals surface area (Å²) >= 11 is 5.55. The first-order chi connectivity index (χ1) is 7.24. The van der Waals surface area contributed by atoms with Crippen molar-refractivity contribution < 1.29 is 0 Å². The molecule has 5 heteroatoms. The molecule has 0 bridgehead atoms. The Morgan fingerprint density at radius 2 is 1.67 bits per heavy atom. The fraction of sp³-hybridized carbons (Fsp3) is 0. The van der Waals surface area contributed by atoms with Gasteiger partial charge in [-0.25, -0.2) is 9.97 Å². The predicted molar refractivity (Wildman–Crippen MR) is 72.2 cm³/mol. The second-order valence-electron chi connectivity index (χ2n) is 2.86. The summed E-state index contributed by atoms with van der Waals surface area (Å²) in [6.45, 7) is 0. The minimum atomic E-state index is 0.609. The van der Waals surface area contributed by atoms with E-state index in [1.54, 1.807) is 12.4 Å². The number of benzene rings is 1. The number of anilines is 2. The van der Waals surface area contributed by atoms with Crippen LogP contribution < -0.4 is 5.32 Å². The molecular formula is C10H7BrIN3. The van der Waals surface area contributed by atoms with E-state index in [4.69, 9.17) is 0 Å². The van der Waals surface area contributed by atoms with Crippen LogP contribution in [0.2, 0.25) is 0 Å². The molecule has 0 atom stereocenters. The third-order valence-electron chi connectivity index (χ3n) is 1.72. The van der Waals surface area contributed by atoms with E-state index < -0.39 is 0 Å². The first kappa shape index (κ1) is 10.8. The molecule has 0 saturated carbocycles. The maximum absolute atomic E-state index is 4.15. The number of aromatic nitrogens is 2. The summed E-state index contributed by atoms with van der Waals surface area (Å²) in [4.78, 5) is 8.31. The Kier molecular flexibility index (Phi) is 3.53. The molecule has 0 aliphatic rings. The highest BCUT2D eigenvalue weighted by molar-refractivity contribution is 14.1. The number of nitrogens with zero attached hydrogens (tertiary/aromatic N) is 2. The van der Waals surface area contributed by atoms with Crippen molar-refractivity contribution in [2.24, 2.45) is 0 Å². The highest BCUT2D eigenvalue weighted by Crippen LogP contribution is 2.16. The van der Waals surface area contributed by atoms with Gasteiger partial charge in [-0.15, -0.1) is 0 Å². The van der Waals surface area contributed by atoms with Crippen molar-refractivity contribution in [2.75, 3.05) is 5.32 Å². The van der Waals surface area contributed by atoms with Crippen LogP contribution in [0.5, 0.6) is 0 Å². The number of hydrogen-bond donors (Lipinski definition) is 1. The van der Waals surface area contributed by atoms with Crippen molar-refractivity contribution in [1.29, 1.82) is 0 Å². The summed E-state index contributed by atoms with van der Waals surface area (Å²) in [7, 11) is 0. The van der Waals surface area contributed by atoms with Gasteiger partial charge >= 0.3 is 0 Å². The van der Waals surface area contributed by atoms with Crippen LogP contribution in [-0.4, -0.2) is 9.97 Å². The molecule has 0 saturated heterocycles. The van der Waals surface area contributed by atoms with Crippen LogP contribution in [0.1, 0.15) is 0 Å². The molecule has 1 heterocycles. The lowest BCUT2D eigenvalue weighted by atomic mass is 10.3. The molecule has 1 aromatic carbocycles. The highest BCUT2D eigenvalue weighted by Gasteiger charge is 1.96. The van der Waals surface area contributed by atoms with Gasteiger partial charge in [0.1, 0.15) is 0 Å². The Morgan fingerprint density at radius 3 is 2.27 bits per heavy atom. The monoisotopic (exact) mass is 375 g/mol. The largest absolute Gasteiger partial charge is 0.324 e. The Labute approximate surface area is 110 Å². The quantitative estimate of drug-likeness (QED) is 0.815. The first-order valence-electron chi connectivity index (χ1n) is 4.24. The van der Waals surface area contributed by atoms with E-state index in [2.05, 4.69) is 53.8 Å². The number of nitrogens with one attached hydrogen (secondary N) is 1. The molecule has 0 radical (unpaired) electrons. The average molecular weight is 376 g/mol. The first-order valence-corrected chi connectivity index (χ1v) is 6.11. The zero-order chi connectivity index (χ0) is 10.7. The van der Waals surface area contributed by atoms with Gasteiger partial charge in [0.05, 0.1) is 0 Å². The number of rotatable bonds is 2. The van der Waals surface area contributed by atoms with Gasteiger partial charge in [0.2, 0.25) is 5.95 Å². The second kappa shape index (κ2) is 4.89. The molecule has 2 rings (SSSR count). The van der Waals surface area contributed by atoms with Crippen molar-refractivity contribution in [1.82, 2.24) is 9.97 Å². The molecule has 2 aromatic rings. The van der Waals surface area contributed by atoms with Crippen LogP contribution in [0.4, 0.5) is 11.6 Å². The molecule has 1 N–H and O–H groups in total. The van der Waals surface area contributed by atoms with E-state index in [0.717, 1.165) is 13.7 Å². The Morgan fingerprint density at radius 1 is 1.07 bits per heavy atom. The van der Waals surface area contributed by atoms with Gasteiger partial charge in [0, 0.05) is 26.1 Å². The molecule has 0 unspecified atom stereocenters. The van der Waals surface area contributed by atoms with E-state index in [1.165, 1.54) is 0 Å². The maximum Gasteiger partial charge on any atom is 0.227 e. The fourth-order valence-electron chi connectivity index (χ4n) is 1.04. The summed E-state index contributed by atoms with van der Waals surface area (Å²) in [5.41, 5.74) is 0.972. The molecule has 76 valence electrons. The van der Waals surface area contributed by atoms with E-state index in [-0.39, 0.29) is 0 Å². The van der Waals surface area contributed by atoms with E-state index in [1.807, 2.05) is 24.3 Å². The van der Waals surface area contributed by atoms with Crippen molar-refractivity contribution in [3.63, 3.8) is 0 Å². The minimum absolute atomic E-state index is 0.609. The average Bonchev–Trinajstić information content (AvgIpc) is 2.25. The van der Waals surface area contributed by atoms with Gasteiger partial charge in [0.15, 0.2) is 0 Å². The van der Waals surface area contributed by atoms with Crippen molar-refractivity contribution in [3.8, 4) is 0 Å². The van der Waals surface area contributed by atoms with Crippen LogP contribution in [0.25, 0.3) is 0 Å². The van der Waals surface area contributed by atoms with E-state index >= 15 is 0 Å². The molecule has 0 aliphatic carbocycles. The summed E-state index contributed by atoms with van der Waals surface area (Å²) in [5, 5.41) is 3.11. The smallest absolute Gasteiger partial charge is 0.227 e. The molecule has 15 heavy (non-hydrogen) atoms. The molecule has 0 spiro atoms. The zero-order valence-electron chi connectivity index (χ0n) is 7.61. The summed E-state index contributed by atoms with van der Waals surface area (Å²) in [6.07, 6.45) is 3.55. The van der Waals surface area contributed by atoms with E-state index in [9.17, 15) is 0 Å². The van der Waals surface area contributed by atoms with Gasteiger partial charge < -0.3 is 5.32 Å². The highest BCUT2D eigenvalue weighted by atomic mass is 127. The lowest BCUT2D eigenvalue weighted by Crippen LogP contribution is -1.96. The van der Waals surface area contributed by atoms with Gasteiger partial charge in [-0.3, -0.25) is 0 Å². The van der Waals surface area contributed by atoms with Crippen LogP contribution in [0, 0.1) is 3.57 Å². The molecule has 3 nitrogen and oxygen atoms in total. The topological polar surface area (TPSA) is 37.8 Å². The Bertz CT molecular complexity index is 398. The molecule has 0 aliphatic heterocycles. The van der Waals surface area contributed by atoms with E-state index in [0.29, 0.717) is 5.95 Å². The van der Waals surface area contributed by atoms with Gasteiger partial charge in [0.25, 0.3) is 0 Å². The third kappa shape index (κ3) is 3.13. The lowest BCUT2D eigenvalue weighted by Gasteiger charge is -2.03. The van der Waals surface area contributed by atoms with Gasteiger partial charge in [-0.2, -0.15) is 0 Å². The van der Waals surface area contributed by atoms with Crippen LogP contribution in [0.15, 0.2) is 41.1 Å². The Hall–Kier alpha value is -0.690. The molecule has 0 amide bonds. The number of halogens is 2. The third-order valence-corrected chi connectivity index (χ3v) is 2.81. The normalized spacial score (nSPS) is 10.0. The summed E-state index contributed by atoms with van der Waals surface area (Å²) < 4.78 is 2.07. The maximum atomic E-state index is 4.15. The van der Waals surface area contributed by atoms with Crippen molar-refractivity contribution in [3.05, 3.63) is 44.7 Å². The zero-order valence-corrected chi connectivity index (χ0v) is 11.4. The van der Waals surface area contributed by atoms with Crippen molar-refractivity contribution >= 4 is 50.2 Å². The minimum Gasteiger partial charge on any atom is -0.324 e. The van der Waals surface area contributed by atoms with Crippen LogP contribution in [0.3, 0.4) is 0 Å². The standard InChI is InChI=1S/C10H7BrIN3/c11-7-1-3-9(4-2-7)15-10-13-5-8(12)6-14-10/h1-6H,(H,13,14,15). The Balaban J connectivity index is 2.15.